The molecule has 28 heavy (non-hydrogen) atoms. The van der Waals surface area contributed by atoms with Gasteiger partial charge >= 0.3 is 0 Å². The van der Waals surface area contributed by atoms with Crippen molar-refractivity contribution < 1.29 is 18.3 Å². The van der Waals surface area contributed by atoms with E-state index in [1.54, 1.807) is 0 Å². The Morgan fingerprint density at radius 1 is 1.00 bits per heavy atom. The maximum atomic E-state index is 15.0. The molecule has 0 saturated carbocycles. The summed E-state index contributed by atoms with van der Waals surface area (Å²) in [5, 5.41) is 0. The smallest absolute Gasteiger partial charge is 0.292 e. The van der Waals surface area contributed by atoms with Gasteiger partial charge in [0.15, 0.2) is 0 Å². The zero-order valence-electron chi connectivity index (χ0n) is 15.6. The third-order valence-electron chi connectivity index (χ3n) is 6.29. The fourth-order valence-electron chi connectivity index (χ4n) is 4.99. The number of halogens is 2. The second-order valence-electron chi connectivity index (χ2n) is 7.94. The minimum absolute atomic E-state index is 0.0883. The van der Waals surface area contributed by atoms with Gasteiger partial charge in [-0.25, -0.2) is 8.78 Å². The van der Waals surface area contributed by atoms with Crippen molar-refractivity contribution in [3.8, 4) is 0 Å². The minimum Gasteiger partial charge on any atom is -0.331 e. The number of piperidine rings is 1. The topological polar surface area (TPSA) is 29.5 Å². The first-order valence-corrected chi connectivity index (χ1v) is 9.63. The third-order valence-corrected chi connectivity index (χ3v) is 6.29. The van der Waals surface area contributed by atoms with Gasteiger partial charge in [-0.2, -0.15) is 0 Å². The van der Waals surface area contributed by atoms with E-state index < -0.39 is 17.2 Å². The van der Waals surface area contributed by atoms with Crippen LogP contribution in [0.5, 0.6) is 0 Å². The SMILES string of the molecule is CC(F)(F)C12CCCC(=O)N1CC1(O2)c2ccccc2C=Cc2ccccc21. The Labute approximate surface area is 162 Å². The van der Waals surface area contributed by atoms with E-state index in [-0.39, 0.29) is 25.3 Å². The summed E-state index contributed by atoms with van der Waals surface area (Å²) in [6.45, 7) is 0.954. The van der Waals surface area contributed by atoms with Crippen LogP contribution in [0.1, 0.15) is 48.4 Å². The normalized spacial score (nSPS) is 25.2. The first-order chi connectivity index (χ1) is 13.4. The zero-order chi connectivity index (χ0) is 19.6. The Morgan fingerprint density at radius 3 is 2.11 bits per heavy atom. The van der Waals surface area contributed by atoms with Gasteiger partial charge in [0, 0.05) is 19.8 Å². The Hall–Kier alpha value is -2.53. The molecule has 3 aliphatic rings. The molecular weight excluding hydrogens is 360 g/mol. The molecule has 2 aliphatic heterocycles. The van der Waals surface area contributed by atoms with E-state index in [2.05, 4.69) is 0 Å². The fraction of sp³-hybridized carbons (Fsp3) is 0.348. The van der Waals surface area contributed by atoms with Crippen LogP contribution in [-0.4, -0.2) is 29.0 Å². The molecule has 0 radical (unpaired) electrons. The number of nitrogens with zero attached hydrogens (tertiary/aromatic N) is 1. The van der Waals surface area contributed by atoms with Crippen molar-refractivity contribution in [2.24, 2.45) is 0 Å². The van der Waals surface area contributed by atoms with Crippen LogP contribution >= 0.6 is 0 Å². The molecule has 144 valence electrons. The average Bonchev–Trinajstić information content (AvgIpc) is 2.99. The fourth-order valence-corrected chi connectivity index (χ4v) is 4.99. The highest BCUT2D eigenvalue weighted by Gasteiger charge is 2.68. The minimum atomic E-state index is -3.18. The zero-order valence-corrected chi connectivity index (χ0v) is 15.6. The van der Waals surface area contributed by atoms with Crippen molar-refractivity contribution in [2.45, 2.75) is 43.4 Å². The molecule has 2 fully saturated rings. The molecule has 5 heteroatoms. The third kappa shape index (κ3) is 2.20. The number of amides is 1. The van der Waals surface area contributed by atoms with E-state index in [1.807, 2.05) is 60.7 Å². The van der Waals surface area contributed by atoms with Gasteiger partial charge in [0.05, 0.1) is 6.54 Å². The lowest BCUT2D eigenvalue weighted by Gasteiger charge is -2.44. The van der Waals surface area contributed by atoms with Crippen LogP contribution in [0.3, 0.4) is 0 Å². The van der Waals surface area contributed by atoms with E-state index in [4.69, 9.17) is 4.74 Å². The average molecular weight is 381 g/mol. The van der Waals surface area contributed by atoms with Crippen LogP contribution in [0.25, 0.3) is 12.2 Å². The van der Waals surface area contributed by atoms with E-state index in [0.29, 0.717) is 6.42 Å². The van der Waals surface area contributed by atoms with Crippen LogP contribution in [0.15, 0.2) is 48.5 Å². The van der Waals surface area contributed by atoms with Crippen molar-refractivity contribution in [1.82, 2.24) is 4.90 Å². The predicted molar refractivity (Wildman–Crippen MR) is 103 cm³/mol. The molecule has 1 unspecified atom stereocenters. The Balaban J connectivity index is 1.81. The van der Waals surface area contributed by atoms with Crippen molar-refractivity contribution >= 4 is 18.1 Å². The lowest BCUT2D eigenvalue weighted by molar-refractivity contribution is -0.260. The molecule has 1 spiro atoms. The number of carbonyl (C=O) groups excluding carboxylic acids is 1. The number of alkyl halides is 2. The summed E-state index contributed by atoms with van der Waals surface area (Å²) in [6.07, 6.45) is 4.78. The second-order valence-corrected chi connectivity index (χ2v) is 7.94. The van der Waals surface area contributed by atoms with Crippen molar-refractivity contribution in [3.63, 3.8) is 0 Å². The molecule has 2 aromatic rings. The van der Waals surface area contributed by atoms with Crippen molar-refractivity contribution in [2.75, 3.05) is 6.54 Å². The highest BCUT2D eigenvalue weighted by atomic mass is 19.3. The van der Waals surface area contributed by atoms with Gasteiger partial charge in [-0.1, -0.05) is 60.7 Å². The van der Waals surface area contributed by atoms with E-state index in [0.717, 1.165) is 29.2 Å². The first-order valence-electron chi connectivity index (χ1n) is 9.63. The molecule has 2 saturated heterocycles. The number of rotatable bonds is 1. The molecule has 2 heterocycles. The van der Waals surface area contributed by atoms with Gasteiger partial charge in [-0.05, 0) is 28.7 Å². The number of hydrogen-bond donors (Lipinski definition) is 0. The van der Waals surface area contributed by atoms with Crippen molar-refractivity contribution in [1.29, 1.82) is 0 Å². The Bertz CT molecular complexity index is 945. The highest BCUT2D eigenvalue weighted by molar-refractivity contribution is 5.81. The van der Waals surface area contributed by atoms with Gasteiger partial charge in [0.1, 0.15) is 5.60 Å². The molecule has 0 bridgehead atoms. The molecule has 3 nitrogen and oxygen atoms in total. The molecule has 0 N–H and O–H groups in total. The number of benzene rings is 2. The summed E-state index contributed by atoms with van der Waals surface area (Å²) < 4.78 is 36.4. The van der Waals surface area contributed by atoms with Gasteiger partial charge < -0.3 is 9.64 Å². The number of ether oxygens (including phenoxy) is 1. The summed E-state index contributed by atoms with van der Waals surface area (Å²) in [6, 6.07) is 15.4. The molecule has 1 atom stereocenters. The molecular formula is C23H21F2NO2. The summed E-state index contributed by atoms with van der Waals surface area (Å²) >= 11 is 0. The molecule has 2 aromatic carbocycles. The number of hydrogen-bond acceptors (Lipinski definition) is 2. The quantitative estimate of drug-likeness (QED) is 0.710. The highest BCUT2D eigenvalue weighted by Crippen LogP contribution is 2.56. The van der Waals surface area contributed by atoms with Crippen LogP contribution in [0.2, 0.25) is 0 Å². The maximum absolute atomic E-state index is 15.0. The van der Waals surface area contributed by atoms with Crippen LogP contribution in [-0.2, 0) is 15.1 Å². The second kappa shape index (κ2) is 5.74. The van der Waals surface area contributed by atoms with Gasteiger partial charge in [-0.3, -0.25) is 4.79 Å². The van der Waals surface area contributed by atoms with Gasteiger partial charge in [0.25, 0.3) is 5.92 Å². The molecule has 5 rings (SSSR count). The van der Waals surface area contributed by atoms with E-state index in [9.17, 15) is 13.6 Å². The number of carbonyl (C=O) groups is 1. The molecule has 0 aromatic heterocycles. The number of fused-ring (bicyclic) bond motifs is 5. The van der Waals surface area contributed by atoms with E-state index >= 15 is 0 Å². The molecule has 1 aliphatic carbocycles. The van der Waals surface area contributed by atoms with Crippen LogP contribution < -0.4 is 0 Å². The molecule has 1 amide bonds. The largest absolute Gasteiger partial charge is 0.331 e. The van der Waals surface area contributed by atoms with E-state index in [1.165, 1.54) is 4.90 Å². The lowest BCUT2D eigenvalue weighted by Crippen LogP contribution is -2.60. The lowest BCUT2D eigenvalue weighted by atomic mass is 9.83. The summed E-state index contributed by atoms with van der Waals surface area (Å²) in [5.74, 6) is -3.45. The van der Waals surface area contributed by atoms with Crippen molar-refractivity contribution in [3.05, 3.63) is 70.8 Å². The van der Waals surface area contributed by atoms with Gasteiger partial charge in [-0.15, -0.1) is 0 Å². The monoisotopic (exact) mass is 381 g/mol. The maximum Gasteiger partial charge on any atom is 0.292 e. The Morgan fingerprint density at radius 2 is 1.57 bits per heavy atom. The standard InChI is InChI=1S/C23H21F2NO2/c1-21(24,25)23-14-6-11-20(27)26(23)15-22(28-23)18-9-4-2-7-16(18)12-13-17-8-3-5-10-19(17)22/h2-5,7-10,12-13H,6,11,14-15H2,1H3. The van der Waals surface area contributed by atoms with Crippen LogP contribution in [0.4, 0.5) is 8.78 Å². The summed E-state index contributed by atoms with van der Waals surface area (Å²) in [7, 11) is 0. The van der Waals surface area contributed by atoms with Gasteiger partial charge in [0.2, 0.25) is 11.6 Å². The summed E-state index contributed by atoms with van der Waals surface area (Å²) in [4.78, 5) is 14.1. The van der Waals surface area contributed by atoms with Crippen LogP contribution in [0, 0.1) is 0 Å². The first kappa shape index (κ1) is 17.6. The summed E-state index contributed by atoms with van der Waals surface area (Å²) in [5.41, 5.74) is 0.424. The Kier molecular flexibility index (Phi) is 3.60. The predicted octanol–water partition coefficient (Wildman–Crippen LogP) is 4.81.